The van der Waals surface area contributed by atoms with Crippen LogP contribution in [0, 0.1) is 0 Å². The third-order valence-corrected chi connectivity index (χ3v) is 3.93. The monoisotopic (exact) mass is 279 g/mol. The summed E-state index contributed by atoms with van der Waals surface area (Å²) in [6.07, 6.45) is 6.02. The Hall–Kier alpha value is -1.43. The van der Waals surface area contributed by atoms with Crippen molar-refractivity contribution in [1.82, 2.24) is 25.6 Å². The summed E-state index contributed by atoms with van der Waals surface area (Å²) in [6, 6.07) is 0.957. The van der Waals surface area contributed by atoms with E-state index in [9.17, 15) is 4.79 Å². The molecule has 1 saturated heterocycles. The quantitative estimate of drug-likeness (QED) is 0.818. The van der Waals surface area contributed by atoms with E-state index in [-0.39, 0.29) is 5.91 Å². The Morgan fingerprint density at radius 1 is 1.50 bits per heavy atom. The molecule has 0 radical (unpaired) electrons. The third-order valence-electron chi connectivity index (χ3n) is 3.93. The molecule has 2 heterocycles. The van der Waals surface area contributed by atoms with Gasteiger partial charge in [0.1, 0.15) is 0 Å². The summed E-state index contributed by atoms with van der Waals surface area (Å²) in [5.41, 5.74) is 0.919. The van der Waals surface area contributed by atoms with E-state index < -0.39 is 0 Å². The Morgan fingerprint density at radius 3 is 2.85 bits per heavy atom. The van der Waals surface area contributed by atoms with Crippen LogP contribution in [0.3, 0.4) is 0 Å². The number of piperidine rings is 1. The summed E-state index contributed by atoms with van der Waals surface area (Å²) in [7, 11) is 0. The molecule has 1 aromatic rings. The summed E-state index contributed by atoms with van der Waals surface area (Å²) < 4.78 is 0. The minimum absolute atomic E-state index is 0.163. The van der Waals surface area contributed by atoms with Crippen molar-refractivity contribution in [3.63, 3.8) is 0 Å². The van der Waals surface area contributed by atoms with Crippen LogP contribution in [0.25, 0.3) is 0 Å². The van der Waals surface area contributed by atoms with E-state index in [4.69, 9.17) is 0 Å². The van der Waals surface area contributed by atoms with Gasteiger partial charge in [-0.3, -0.25) is 4.79 Å². The molecule has 0 atom stereocenters. The standard InChI is InChI=1S/C14H25N5O/c1-11(2)19-8-6-12(7-9-19)16-14(20)5-3-4-13-10-15-18-17-13/h10-12H,3-9H2,1-2H3,(H,16,20)(H,15,17,18). The van der Waals surface area contributed by atoms with Crippen LogP contribution in [-0.4, -0.2) is 51.4 Å². The second kappa shape index (κ2) is 7.38. The number of carbonyl (C=O) groups excluding carboxylic acids is 1. The molecule has 0 aromatic carbocycles. The molecule has 1 aromatic heterocycles. The highest BCUT2D eigenvalue weighted by molar-refractivity contribution is 5.76. The fourth-order valence-corrected chi connectivity index (χ4v) is 2.64. The van der Waals surface area contributed by atoms with Gasteiger partial charge in [0.05, 0.1) is 11.9 Å². The minimum atomic E-state index is 0.163. The molecule has 0 spiro atoms. The number of nitrogens with zero attached hydrogens (tertiary/aromatic N) is 3. The molecule has 1 aliphatic rings. The lowest BCUT2D eigenvalue weighted by Crippen LogP contribution is -2.46. The number of hydrogen-bond donors (Lipinski definition) is 2. The largest absolute Gasteiger partial charge is 0.353 e. The lowest BCUT2D eigenvalue weighted by Gasteiger charge is -2.34. The topological polar surface area (TPSA) is 73.9 Å². The number of aryl methyl sites for hydroxylation is 1. The Kier molecular flexibility index (Phi) is 5.52. The van der Waals surface area contributed by atoms with Crippen LogP contribution >= 0.6 is 0 Å². The minimum Gasteiger partial charge on any atom is -0.353 e. The van der Waals surface area contributed by atoms with Gasteiger partial charge in [0, 0.05) is 31.6 Å². The lowest BCUT2D eigenvalue weighted by molar-refractivity contribution is -0.122. The molecule has 0 aliphatic carbocycles. The van der Waals surface area contributed by atoms with Crippen LogP contribution < -0.4 is 5.32 Å². The molecule has 0 saturated carbocycles. The summed E-state index contributed by atoms with van der Waals surface area (Å²) in [6.45, 7) is 6.62. The van der Waals surface area contributed by atoms with Crippen LogP contribution in [0.15, 0.2) is 6.20 Å². The first-order chi connectivity index (χ1) is 9.65. The number of likely N-dealkylation sites (tertiary alicyclic amines) is 1. The maximum absolute atomic E-state index is 11.9. The molecule has 2 rings (SSSR count). The zero-order valence-electron chi connectivity index (χ0n) is 12.4. The van der Waals surface area contributed by atoms with Crippen LogP contribution in [0.2, 0.25) is 0 Å². The van der Waals surface area contributed by atoms with Crippen molar-refractivity contribution >= 4 is 5.91 Å². The zero-order valence-corrected chi connectivity index (χ0v) is 12.4. The molecule has 1 fully saturated rings. The van der Waals surface area contributed by atoms with Gasteiger partial charge in [-0.15, -0.1) is 0 Å². The molecule has 0 unspecified atom stereocenters. The first-order valence-electron chi connectivity index (χ1n) is 7.53. The first kappa shape index (κ1) is 15.0. The van der Waals surface area contributed by atoms with Crippen LogP contribution in [0.5, 0.6) is 0 Å². The van der Waals surface area contributed by atoms with E-state index in [1.54, 1.807) is 6.20 Å². The molecule has 1 aliphatic heterocycles. The van der Waals surface area contributed by atoms with Crippen molar-refractivity contribution in [2.75, 3.05) is 13.1 Å². The number of rotatable bonds is 6. The fraction of sp³-hybridized carbons (Fsp3) is 0.786. The molecule has 0 bridgehead atoms. The normalized spacial score (nSPS) is 17.6. The molecule has 20 heavy (non-hydrogen) atoms. The lowest BCUT2D eigenvalue weighted by atomic mass is 10.0. The molecular weight excluding hydrogens is 254 g/mol. The van der Waals surface area contributed by atoms with Gasteiger partial charge < -0.3 is 10.2 Å². The highest BCUT2D eigenvalue weighted by atomic mass is 16.1. The number of amides is 1. The van der Waals surface area contributed by atoms with E-state index in [1.165, 1.54) is 0 Å². The second-order valence-electron chi connectivity index (χ2n) is 5.79. The SMILES string of the molecule is CC(C)N1CCC(NC(=O)CCCc2cn[nH]n2)CC1. The number of hydrogen-bond acceptors (Lipinski definition) is 4. The smallest absolute Gasteiger partial charge is 0.220 e. The van der Waals surface area contributed by atoms with Gasteiger partial charge in [0.25, 0.3) is 0 Å². The molecule has 6 heteroatoms. The van der Waals surface area contributed by atoms with E-state index in [0.717, 1.165) is 44.5 Å². The van der Waals surface area contributed by atoms with E-state index in [0.29, 0.717) is 18.5 Å². The summed E-state index contributed by atoms with van der Waals surface area (Å²) in [5.74, 6) is 0.163. The number of aromatic nitrogens is 3. The zero-order chi connectivity index (χ0) is 14.4. The predicted molar refractivity (Wildman–Crippen MR) is 77.2 cm³/mol. The summed E-state index contributed by atoms with van der Waals surface area (Å²) in [4.78, 5) is 14.4. The number of aromatic amines is 1. The highest BCUT2D eigenvalue weighted by Gasteiger charge is 2.21. The van der Waals surface area contributed by atoms with Crippen molar-refractivity contribution < 1.29 is 4.79 Å². The van der Waals surface area contributed by atoms with Crippen LogP contribution in [-0.2, 0) is 11.2 Å². The first-order valence-corrected chi connectivity index (χ1v) is 7.53. The van der Waals surface area contributed by atoms with E-state index in [2.05, 4.69) is 39.5 Å². The van der Waals surface area contributed by atoms with Crippen molar-refractivity contribution in [2.24, 2.45) is 0 Å². The third kappa shape index (κ3) is 4.59. The van der Waals surface area contributed by atoms with Crippen LogP contribution in [0.4, 0.5) is 0 Å². The van der Waals surface area contributed by atoms with Gasteiger partial charge in [-0.25, -0.2) is 0 Å². The van der Waals surface area contributed by atoms with Crippen molar-refractivity contribution in [1.29, 1.82) is 0 Å². The summed E-state index contributed by atoms with van der Waals surface area (Å²) in [5, 5.41) is 13.5. The second-order valence-corrected chi connectivity index (χ2v) is 5.79. The molecule has 2 N–H and O–H groups in total. The Labute approximate surface area is 120 Å². The molecule has 112 valence electrons. The molecule has 6 nitrogen and oxygen atoms in total. The van der Waals surface area contributed by atoms with Gasteiger partial charge in [-0.2, -0.15) is 15.4 Å². The average Bonchev–Trinajstić information content (AvgIpc) is 2.92. The van der Waals surface area contributed by atoms with Crippen molar-refractivity contribution in [3.05, 3.63) is 11.9 Å². The van der Waals surface area contributed by atoms with Crippen LogP contribution in [0.1, 0.15) is 45.2 Å². The average molecular weight is 279 g/mol. The van der Waals surface area contributed by atoms with Gasteiger partial charge in [0.2, 0.25) is 5.91 Å². The Morgan fingerprint density at radius 2 is 2.25 bits per heavy atom. The van der Waals surface area contributed by atoms with Crippen molar-refractivity contribution in [3.8, 4) is 0 Å². The molecular formula is C14H25N5O. The van der Waals surface area contributed by atoms with Gasteiger partial charge in [-0.1, -0.05) is 0 Å². The van der Waals surface area contributed by atoms with E-state index in [1.807, 2.05) is 0 Å². The fourth-order valence-electron chi connectivity index (χ4n) is 2.64. The molecule has 1 amide bonds. The Bertz CT molecular complexity index is 396. The maximum atomic E-state index is 11.9. The number of nitrogens with one attached hydrogen (secondary N) is 2. The number of carbonyl (C=O) groups is 1. The number of H-pyrrole nitrogens is 1. The van der Waals surface area contributed by atoms with Gasteiger partial charge in [-0.05, 0) is 39.5 Å². The van der Waals surface area contributed by atoms with Gasteiger partial charge >= 0.3 is 0 Å². The Balaban J connectivity index is 1.60. The maximum Gasteiger partial charge on any atom is 0.220 e. The predicted octanol–water partition coefficient (Wildman–Crippen LogP) is 1.12. The highest BCUT2D eigenvalue weighted by Crippen LogP contribution is 2.13. The van der Waals surface area contributed by atoms with Crippen molar-refractivity contribution in [2.45, 2.75) is 58.0 Å². The summed E-state index contributed by atoms with van der Waals surface area (Å²) >= 11 is 0. The van der Waals surface area contributed by atoms with Gasteiger partial charge in [0.15, 0.2) is 0 Å². The van der Waals surface area contributed by atoms with E-state index >= 15 is 0 Å².